The molecule has 6 rings (SSSR count). The molecule has 9 heteroatoms. The molecule has 0 amide bonds. The Bertz CT molecular complexity index is 1680. The standard InChI is InChI=1S/C28H27FN6O2/c1-16(2)25-20(5-4-6-22(25)29)26-30-13-24-27(32-26)34(28(36)31-24)14-18-7-9-19(10-8-18)35-17(3)21-15-37-12-11-23(21)33-35/h4-10,13,16H,11-12,14-15H2,1-3H3,(H,31,36). The molecule has 0 unspecified atom stereocenters. The molecule has 4 heterocycles. The number of ether oxygens (including phenoxy) is 1. The first-order chi connectivity index (χ1) is 17.9. The van der Waals surface area contributed by atoms with Crippen LogP contribution < -0.4 is 5.69 Å². The smallest absolute Gasteiger partial charge is 0.328 e. The summed E-state index contributed by atoms with van der Waals surface area (Å²) in [6, 6.07) is 12.9. The third-order valence-corrected chi connectivity index (χ3v) is 6.96. The van der Waals surface area contributed by atoms with Crippen LogP contribution in [0.4, 0.5) is 4.39 Å². The minimum Gasteiger partial charge on any atom is -0.376 e. The molecule has 0 atom stereocenters. The average Bonchev–Trinajstić information content (AvgIpc) is 3.40. The Hall–Kier alpha value is -4.11. The zero-order chi connectivity index (χ0) is 25.7. The average molecular weight is 499 g/mol. The van der Waals surface area contributed by atoms with E-state index in [9.17, 15) is 9.18 Å². The first kappa shape index (κ1) is 23.3. The van der Waals surface area contributed by atoms with Gasteiger partial charge in [0.05, 0.1) is 37.3 Å². The van der Waals surface area contributed by atoms with E-state index in [-0.39, 0.29) is 17.4 Å². The lowest BCUT2D eigenvalue weighted by atomic mass is 9.96. The summed E-state index contributed by atoms with van der Waals surface area (Å²) in [5, 5.41) is 4.78. The van der Waals surface area contributed by atoms with Gasteiger partial charge in [0.15, 0.2) is 11.5 Å². The Morgan fingerprint density at radius 1 is 1.16 bits per heavy atom. The van der Waals surface area contributed by atoms with Gasteiger partial charge >= 0.3 is 5.69 Å². The predicted molar refractivity (Wildman–Crippen MR) is 138 cm³/mol. The molecule has 188 valence electrons. The number of benzene rings is 2. The maximum absolute atomic E-state index is 14.6. The third-order valence-electron chi connectivity index (χ3n) is 6.96. The summed E-state index contributed by atoms with van der Waals surface area (Å²) >= 11 is 0. The Kier molecular flexibility index (Phi) is 5.72. The van der Waals surface area contributed by atoms with E-state index in [4.69, 9.17) is 9.84 Å². The number of nitrogens with one attached hydrogen (secondary N) is 1. The fourth-order valence-electron chi connectivity index (χ4n) is 5.04. The molecule has 0 saturated carbocycles. The Labute approximate surface area is 212 Å². The molecule has 5 aromatic rings. The third kappa shape index (κ3) is 4.05. The second-order valence-electron chi connectivity index (χ2n) is 9.69. The lowest BCUT2D eigenvalue weighted by molar-refractivity contribution is 0.110. The zero-order valence-corrected chi connectivity index (χ0v) is 21.0. The SMILES string of the molecule is Cc1c2c(nn1-c1ccc(Cn3c(=O)[nH]c4cnc(-c5cccc(F)c5C(C)C)nc43)cc1)CCOC2. The van der Waals surface area contributed by atoms with E-state index < -0.39 is 0 Å². The van der Waals surface area contributed by atoms with Gasteiger partial charge in [0, 0.05) is 28.8 Å². The van der Waals surface area contributed by atoms with Gasteiger partial charge in [-0.3, -0.25) is 4.57 Å². The van der Waals surface area contributed by atoms with Crippen LogP contribution in [0.25, 0.3) is 28.2 Å². The summed E-state index contributed by atoms with van der Waals surface area (Å²) in [6.07, 6.45) is 2.41. The van der Waals surface area contributed by atoms with E-state index >= 15 is 0 Å². The maximum Gasteiger partial charge on any atom is 0.328 e. The summed E-state index contributed by atoms with van der Waals surface area (Å²) in [6.45, 7) is 7.55. The van der Waals surface area contributed by atoms with Crippen LogP contribution in [0.2, 0.25) is 0 Å². The Balaban J connectivity index is 1.34. The van der Waals surface area contributed by atoms with Gasteiger partial charge in [0.2, 0.25) is 0 Å². The quantitative estimate of drug-likeness (QED) is 0.381. The molecule has 0 bridgehead atoms. The van der Waals surface area contributed by atoms with E-state index in [0.717, 1.165) is 34.6 Å². The largest absolute Gasteiger partial charge is 0.376 e. The van der Waals surface area contributed by atoms with Crippen LogP contribution in [0.15, 0.2) is 53.5 Å². The molecule has 1 aliphatic heterocycles. The van der Waals surface area contributed by atoms with E-state index in [0.29, 0.717) is 47.9 Å². The highest BCUT2D eigenvalue weighted by Crippen LogP contribution is 2.30. The van der Waals surface area contributed by atoms with Crippen molar-refractivity contribution in [1.82, 2.24) is 29.3 Å². The molecule has 2 aromatic carbocycles. The number of halogens is 1. The molecule has 0 aliphatic carbocycles. The number of H-pyrrole nitrogens is 1. The van der Waals surface area contributed by atoms with Crippen LogP contribution in [-0.2, 0) is 24.3 Å². The molecule has 37 heavy (non-hydrogen) atoms. The lowest BCUT2D eigenvalue weighted by Crippen LogP contribution is -2.18. The van der Waals surface area contributed by atoms with Crippen LogP contribution >= 0.6 is 0 Å². The van der Waals surface area contributed by atoms with Crippen molar-refractivity contribution in [2.75, 3.05) is 6.61 Å². The molecular formula is C28H27FN6O2. The highest BCUT2D eigenvalue weighted by molar-refractivity contribution is 5.74. The highest BCUT2D eigenvalue weighted by atomic mass is 19.1. The van der Waals surface area contributed by atoms with E-state index in [1.54, 1.807) is 16.8 Å². The summed E-state index contributed by atoms with van der Waals surface area (Å²) in [4.78, 5) is 24.8. The molecule has 3 aromatic heterocycles. The van der Waals surface area contributed by atoms with Crippen LogP contribution in [0.1, 0.15) is 47.8 Å². The summed E-state index contributed by atoms with van der Waals surface area (Å²) in [5.74, 6) is 0.0587. The molecule has 0 saturated heterocycles. The Morgan fingerprint density at radius 3 is 2.73 bits per heavy atom. The molecule has 1 aliphatic rings. The van der Waals surface area contributed by atoms with Crippen molar-refractivity contribution >= 4 is 11.2 Å². The van der Waals surface area contributed by atoms with E-state index in [1.807, 2.05) is 48.9 Å². The van der Waals surface area contributed by atoms with Crippen LogP contribution in [0, 0.1) is 12.7 Å². The molecule has 0 radical (unpaired) electrons. The summed E-state index contributed by atoms with van der Waals surface area (Å²) in [7, 11) is 0. The first-order valence-corrected chi connectivity index (χ1v) is 12.4. The number of rotatable bonds is 5. The number of fused-ring (bicyclic) bond motifs is 2. The lowest BCUT2D eigenvalue weighted by Gasteiger charge is -2.13. The van der Waals surface area contributed by atoms with Crippen molar-refractivity contribution in [2.45, 2.75) is 46.3 Å². The number of nitrogens with zero attached hydrogens (tertiary/aromatic N) is 5. The molecule has 1 N–H and O–H groups in total. The van der Waals surface area contributed by atoms with Gasteiger partial charge < -0.3 is 9.72 Å². The second-order valence-corrected chi connectivity index (χ2v) is 9.69. The zero-order valence-electron chi connectivity index (χ0n) is 21.0. The van der Waals surface area contributed by atoms with Gasteiger partial charge in [-0.2, -0.15) is 5.10 Å². The molecule has 0 fully saturated rings. The fraction of sp³-hybridized carbons (Fsp3) is 0.286. The normalized spacial score (nSPS) is 13.4. The summed E-state index contributed by atoms with van der Waals surface area (Å²) in [5.41, 5.74) is 7.16. The number of imidazole rings is 1. The van der Waals surface area contributed by atoms with Gasteiger partial charge in [0.25, 0.3) is 0 Å². The number of aromatic amines is 1. The number of aromatic nitrogens is 6. The van der Waals surface area contributed by atoms with Crippen molar-refractivity contribution in [2.24, 2.45) is 0 Å². The minimum absolute atomic E-state index is 0.0427. The second kappa shape index (κ2) is 9.08. The van der Waals surface area contributed by atoms with E-state index in [2.05, 4.69) is 21.9 Å². The molecular weight excluding hydrogens is 471 g/mol. The predicted octanol–water partition coefficient (Wildman–Crippen LogP) is 4.66. The van der Waals surface area contributed by atoms with Crippen molar-refractivity contribution in [3.8, 4) is 17.1 Å². The van der Waals surface area contributed by atoms with E-state index in [1.165, 1.54) is 6.07 Å². The van der Waals surface area contributed by atoms with Crippen molar-refractivity contribution in [3.63, 3.8) is 0 Å². The van der Waals surface area contributed by atoms with Gasteiger partial charge in [-0.25, -0.2) is 23.8 Å². The van der Waals surface area contributed by atoms with Crippen LogP contribution in [-0.4, -0.2) is 35.9 Å². The van der Waals surface area contributed by atoms with Crippen LogP contribution in [0.3, 0.4) is 0 Å². The number of hydrogen-bond donors (Lipinski definition) is 1. The van der Waals surface area contributed by atoms with Gasteiger partial charge in [-0.1, -0.05) is 38.1 Å². The number of hydrogen-bond acceptors (Lipinski definition) is 5. The van der Waals surface area contributed by atoms with Crippen molar-refractivity contribution in [3.05, 3.63) is 93.0 Å². The maximum atomic E-state index is 14.6. The fourth-order valence-corrected chi connectivity index (χ4v) is 5.04. The first-order valence-electron chi connectivity index (χ1n) is 12.4. The van der Waals surface area contributed by atoms with Gasteiger partial charge in [-0.15, -0.1) is 0 Å². The van der Waals surface area contributed by atoms with Gasteiger partial charge in [0.1, 0.15) is 11.3 Å². The Morgan fingerprint density at radius 2 is 1.97 bits per heavy atom. The molecule has 0 spiro atoms. The summed E-state index contributed by atoms with van der Waals surface area (Å²) < 4.78 is 23.7. The van der Waals surface area contributed by atoms with Gasteiger partial charge in [-0.05, 0) is 36.6 Å². The van der Waals surface area contributed by atoms with Crippen molar-refractivity contribution in [1.29, 1.82) is 0 Å². The minimum atomic E-state index is -0.288. The highest BCUT2D eigenvalue weighted by Gasteiger charge is 2.20. The molecule has 8 nitrogen and oxygen atoms in total. The van der Waals surface area contributed by atoms with Crippen LogP contribution in [0.5, 0.6) is 0 Å². The van der Waals surface area contributed by atoms with Crippen molar-refractivity contribution < 1.29 is 9.13 Å². The monoisotopic (exact) mass is 498 g/mol. The topological polar surface area (TPSA) is 90.6 Å².